The van der Waals surface area contributed by atoms with Crippen LogP contribution in [0.1, 0.15) is 15.9 Å². The lowest BCUT2D eigenvalue weighted by Gasteiger charge is -2.02. The fourth-order valence-corrected chi connectivity index (χ4v) is 2.60. The number of carbonyl (C=O) groups is 1. The number of halogens is 1. The highest BCUT2D eigenvalue weighted by Gasteiger charge is 2.09. The minimum Gasteiger partial charge on any atom is -0.478 e. The summed E-state index contributed by atoms with van der Waals surface area (Å²) < 4.78 is 0. The number of benzene rings is 2. The van der Waals surface area contributed by atoms with E-state index in [0.29, 0.717) is 0 Å². The summed E-state index contributed by atoms with van der Waals surface area (Å²) in [6.07, 6.45) is 4.09. The summed E-state index contributed by atoms with van der Waals surface area (Å²) in [5, 5.41) is 9.27. The van der Waals surface area contributed by atoms with E-state index in [1.54, 1.807) is 23.9 Å². The average Bonchev–Trinajstić information content (AvgIpc) is 2.46. The summed E-state index contributed by atoms with van der Waals surface area (Å²) in [4.78, 5) is 11.9. The minimum absolute atomic E-state index is 0.142. The van der Waals surface area contributed by atoms with Crippen molar-refractivity contribution in [3.63, 3.8) is 0 Å². The van der Waals surface area contributed by atoms with E-state index in [1.807, 2.05) is 42.5 Å². The second kappa shape index (κ2) is 7.17. The third kappa shape index (κ3) is 4.15. The molecule has 4 heteroatoms. The zero-order chi connectivity index (χ0) is 14.4. The molecule has 2 rings (SSSR count). The quantitative estimate of drug-likeness (QED) is 0.803. The normalized spacial score (nSPS) is 10.8. The largest absolute Gasteiger partial charge is 0.478 e. The Hall–Kier alpha value is -1.71. The first-order chi connectivity index (χ1) is 9.66. The van der Waals surface area contributed by atoms with E-state index in [0.717, 1.165) is 16.2 Å². The second-order valence-corrected chi connectivity index (χ2v) is 5.57. The summed E-state index contributed by atoms with van der Waals surface area (Å²) >= 11 is 7.40. The molecular formula is C16H13ClO2S. The molecule has 0 fully saturated rings. The van der Waals surface area contributed by atoms with Crippen molar-refractivity contribution in [1.29, 1.82) is 0 Å². The first-order valence-corrected chi connectivity index (χ1v) is 7.40. The molecule has 0 aliphatic heterocycles. The van der Waals surface area contributed by atoms with Gasteiger partial charge in [-0.05, 0) is 23.8 Å². The van der Waals surface area contributed by atoms with Crippen LogP contribution in [0.25, 0.3) is 6.08 Å². The minimum atomic E-state index is -1.00. The van der Waals surface area contributed by atoms with Gasteiger partial charge in [0.1, 0.15) is 0 Å². The Morgan fingerprint density at radius 3 is 2.65 bits per heavy atom. The third-order valence-electron chi connectivity index (χ3n) is 2.62. The Kier molecular flexibility index (Phi) is 5.27. The van der Waals surface area contributed by atoms with Gasteiger partial charge < -0.3 is 5.11 Å². The van der Waals surface area contributed by atoms with Crippen molar-refractivity contribution in [2.75, 3.05) is 5.75 Å². The monoisotopic (exact) mass is 304 g/mol. The molecule has 0 heterocycles. The van der Waals surface area contributed by atoms with Gasteiger partial charge in [-0.2, -0.15) is 0 Å². The van der Waals surface area contributed by atoms with Crippen molar-refractivity contribution in [3.8, 4) is 0 Å². The van der Waals surface area contributed by atoms with Crippen LogP contribution in [0.4, 0.5) is 0 Å². The molecule has 1 N–H and O–H groups in total. The van der Waals surface area contributed by atoms with Crippen LogP contribution < -0.4 is 0 Å². The standard InChI is InChI=1S/C16H13ClO2S/c17-15-9-8-13(11-14(15)16(18)19)20-10-4-7-12-5-2-1-3-6-12/h1-9,11H,10H2,(H,18,19)/b7-4+. The van der Waals surface area contributed by atoms with Crippen LogP contribution in [-0.4, -0.2) is 16.8 Å². The van der Waals surface area contributed by atoms with E-state index in [2.05, 4.69) is 6.08 Å². The molecule has 0 spiro atoms. The van der Waals surface area contributed by atoms with Gasteiger partial charge in [-0.1, -0.05) is 54.1 Å². The second-order valence-electron chi connectivity index (χ2n) is 4.07. The van der Waals surface area contributed by atoms with E-state index in [-0.39, 0.29) is 10.6 Å². The van der Waals surface area contributed by atoms with Crippen LogP contribution in [0.5, 0.6) is 0 Å². The number of hydrogen-bond donors (Lipinski definition) is 1. The van der Waals surface area contributed by atoms with Gasteiger partial charge in [-0.15, -0.1) is 11.8 Å². The lowest BCUT2D eigenvalue weighted by Crippen LogP contribution is -1.97. The predicted octanol–water partition coefficient (Wildman–Crippen LogP) is 4.84. The molecule has 2 aromatic carbocycles. The summed E-state index contributed by atoms with van der Waals surface area (Å²) in [6, 6.07) is 15.1. The number of hydrogen-bond acceptors (Lipinski definition) is 2. The van der Waals surface area contributed by atoms with Gasteiger partial charge in [0.25, 0.3) is 0 Å². The lowest BCUT2D eigenvalue weighted by molar-refractivity contribution is 0.0697. The highest BCUT2D eigenvalue weighted by atomic mass is 35.5. The van der Waals surface area contributed by atoms with Crippen molar-refractivity contribution in [2.45, 2.75) is 4.90 Å². The number of thioether (sulfide) groups is 1. The van der Waals surface area contributed by atoms with Crippen molar-refractivity contribution in [2.24, 2.45) is 0 Å². The van der Waals surface area contributed by atoms with Crippen LogP contribution in [0, 0.1) is 0 Å². The zero-order valence-electron chi connectivity index (χ0n) is 10.6. The SMILES string of the molecule is O=C(O)c1cc(SC/C=C/c2ccccc2)ccc1Cl. The van der Waals surface area contributed by atoms with Crippen LogP contribution in [0.2, 0.25) is 5.02 Å². The molecule has 0 aliphatic rings. The summed E-state index contributed by atoms with van der Waals surface area (Å²) in [6.45, 7) is 0. The Balaban J connectivity index is 1.96. The molecule has 0 unspecified atom stereocenters. The van der Waals surface area contributed by atoms with E-state index in [9.17, 15) is 4.79 Å². The first-order valence-electron chi connectivity index (χ1n) is 6.04. The highest BCUT2D eigenvalue weighted by Crippen LogP contribution is 2.24. The van der Waals surface area contributed by atoms with E-state index in [4.69, 9.17) is 16.7 Å². The molecule has 0 saturated heterocycles. The lowest BCUT2D eigenvalue weighted by atomic mass is 10.2. The molecule has 0 amide bonds. The molecule has 0 aromatic heterocycles. The molecule has 2 nitrogen and oxygen atoms in total. The van der Waals surface area contributed by atoms with Gasteiger partial charge >= 0.3 is 5.97 Å². The molecule has 0 atom stereocenters. The maximum Gasteiger partial charge on any atom is 0.337 e. The Bertz CT molecular complexity index is 624. The number of aromatic carboxylic acids is 1. The van der Waals surface area contributed by atoms with Crippen LogP contribution >= 0.6 is 23.4 Å². The molecule has 20 heavy (non-hydrogen) atoms. The Labute approximate surface area is 127 Å². The molecule has 102 valence electrons. The maximum atomic E-state index is 11.0. The number of rotatable bonds is 5. The molecule has 0 saturated carbocycles. The molecule has 0 radical (unpaired) electrons. The van der Waals surface area contributed by atoms with Gasteiger partial charge in [-0.3, -0.25) is 0 Å². The van der Waals surface area contributed by atoms with Crippen LogP contribution in [0.3, 0.4) is 0 Å². The topological polar surface area (TPSA) is 37.3 Å². The van der Waals surface area contributed by atoms with Crippen molar-refractivity contribution >= 4 is 35.4 Å². The van der Waals surface area contributed by atoms with E-state index < -0.39 is 5.97 Å². The summed E-state index contributed by atoms with van der Waals surface area (Å²) in [5.74, 6) is -0.229. The molecule has 0 bridgehead atoms. The summed E-state index contributed by atoms with van der Waals surface area (Å²) in [7, 11) is 0. The van der Waals surface area contributed by atoms with E-state index in [1.165, 1.54) is 0 Å². The van der Waals surface area contributed by atoms with Crippen molar-refractivity contribution in [3.05, 3.63) is 70.8 Å². The smallest absolute Gasteiger partial charge is 0.337 e. The summed E-state index contributed by atoms with van der Waals surface area (Å²) in [5.41, 5.74) is 1.29. The third-order valence-corrected chi connectivity index (χ3v) is 3.90. The van der Waals surface area contributed by atoms with Gasteiger partial charge in [0.05, 0.1) is 10.6 Å². The Morgan fingerprint density at radius 1 is 1.20 bits per heavy atom. The average molecular weight is 305 g/mol. The number of carboxylic acid groups (broad SMARTS) is 1. The van der Waals surface area contributed by atoms with Crippen molar-refractivity contribution < 1.29 is 9.90 Å². The fourth-order valence-electron chi connectivity index (χ4n) is 1.65. The molecule has 0 aliphatic carbocycles. The van der Waals surface area contributed by atoms with Crippen LogP contribution in [-0.2, 0) is 0 Å². The molecule has 2 aromatic rings. The van der Waals surface area contributed by atoms with Gasteiger partial charge in [0.2, 0.25) is 0 Å². The van der Waals surface area contributed by atoms with Gasteiger partial charge in [-0.25, -0.2) is 4.79 Å². The van der Waals surface area contributed by atoms with Gasteiger partial charge in [0, 0.05) is 10.6 Å². The van der Waals surface area contributed by atoms with E-state index >= 15 is 0 Å². The molecular weight excluding hydrogens is 292 g/mol. The predicted molar refractivity (Wildman–Crippen MR) is 84.6 cm³/mol. The highest BCUT2D eigenvalue weighted by molar-refractivity contribution is 7.99. The zero-order valence-corrected chi connectivity index (χ0v) is 12.2. The first kappa shape index (κ1) is 14.7. The fraction of sp³-hybridized carbons (Fsp3) is 0.0625. The Morgan fingerprint density at radius 2 is 1.95 bits per heavy atom. The number of carboxylic acids is 1. The van der Waals surface area contributed by atoms with Crippen LogP contribution in [0.15, 0.2) is 59.5 Å². The van der Waals surface area contributed by atoms with Gasteiger partial charge in [0.15, 0.2) is 0 Å². The van der Waals surface area contributed by atoms with Crippen molar-refractivity contribution in [1.82, 2.24) is 0 Å². The maximum absolute atomic E-state index is 11.0.